The minimum Gasteiger partial charge on any atom is -0.325 e. The summed E-state index contributed by atoms with van der Waals surface area (Å²) in [5.74, 6) is 0. The number of rotatable bonds is 4. The molecule has 2 N–H and O–H groups in total. The van der Waals surface area contributed by atoms with Crippen molar-refractivity contribution in [3.05, 3.63) is 48.3 Å². The summed E-state index contributed by atoms with van der Waals surface area (Å²) in [5, 5.41) is 0.943. The first kappa shape index (κ1) is 17.5. The Kier molecular flexibility index (Phi) is 4.52. The summed E-state index contributed by atoms with van der Waals surface area (Å²) < 4.78 is 28.6. The van der Waals surface area contributed by atoms with Crippen LogP contribution in [0.2, 0.25) is 0 Å². The Morgan fingerprint density at radius 2 is 1.81 bits per heavy atom. The number of hydrogen-bond donors (Lipinski definition) is 2. The van der Waals surface area contributed by atoms with Crippen molar-refractivity contribution in [2.45, 2.75) is 24.3 Å². The SMILES string of the molecule is NCc1cc2c(-c3ccc(S(=O)(=O)N4CCCC4)cc3)ccnc2n1S. The average molecular weight is 389 g/mol. The standard InChI is InChI=1S/C18H20N4O2S2/c19-12-14-11-17-16(7-8-20-18(17)22(14)25)13-3-5-15(6-4-13)26(23,24)21-9-1-2-10-21/h3-8,11,25H,1-2,9-10,12,19H2. The van der Waals surface area contributed by atoms with Gasteiger partial charge >= 0.3 is 0 Å². The predicted octanol–water partition coefficient (Wildman–Crippen LogP) is 2.64. The smallest absolute Gasteiger partial charge is 0.243 e. The van der Waals surface area contributed by atoms with Gasteiger partial charge in [-0.05, 0) is 48.2 Å². The fraction of sp³-hybridized carbons (Fsp3) is 0.278. The number of benzene rings is 1. The van der Waals surface area contributed by atoms with E-state index in [1.54, 1.807) is 26.6 Å². The summed E-state index contributed by atoms with van der Waals surface area (Å²) in [6, 6.07) is 10.9. The van der Waals surface area contributed by atoms with Gasteiger partial charge in [0.1, 0.15) is 0 Å². The number of nitrogens with zero attached hydrogens (tertiary/aromatic N) is 3. The molecule has 3 heterocycles. The third-order valence-corrected chi connectivity index (χ3v) is 7.19. The molecule has 4 rings (SSSR count). The molecule has 1 aromatic carbocycles. The largest absolute Gasteiger partial charge is 0.325 e. The molecule has 0 unspecified atom stereocenters. The molecule has 0 aliphatic carbocycles. The van der Waals surface area contributed by atoms with Crippen LogP contribution in [0.3, 0.4) is 0 Å². The lowest BCUT2D eigenvalue weighted by atomic mass is 10.0. The third-order valence-electron chi connectivity index (χ3n) is 4.83. The maximum absolute atomic E-state index is 12.7. The van der Waals surface area contributed by atoms with Crippen LogP contribution in [0, 0.1) is 0 Å². The van der Waals surface area contributed by atoms with E-state index in [0.29, 0.717) is 24.5 Å². The summed E-state index contributed by atoms with van der Waals surface area (Å²) in [6.07, 6.45) is 3.58. The maximum atomic E-state index is 12.7. The Morgan fingerprint density at radius 1 is 1.12 bits per heavy atom. The van der Waals surface area contributed by atoms with Gasteiger partial charge in [0.15, 0.2) is 5.65 Å². The summed E-state index contributed by atoms with van der Waals surface area (Å²) in [7, 11) is -3.40. The fourth-order valence-corrected chi connectivity index (χ4v) is 5.23. The van der Waals surface area contributed by atoms with Crippen LogP contribution in [0.4, 0.5) is 0 Å². The van der Waals surface area contributed by atoms with E-state index in [0.717, 1.165) is 40.7 Å². The molecule has 0 atom stereocenters. The number of nitrogens with two attached hydrogens (primary N) is 1. The number of hydrogen-bond acceptors (Lipinski definition) is 5. The highest BCUT2D eigenvalue weighted by Gasteiger charge is 2.27. The quantitative estimate of drug-likeness (QED) is 0.673. The first-order valence-electron chi connectivity index (χ1n) is 8.51. The lowest BCUT2D eigenvalue weighted by Gasteiger charge is -2.15. The van der Waals surface area contributed by atoms with Crippen molar-refractivity contribution in [3.63, 3.8) is 0 Å². The Balaban J connectivity index is 1.75. The fourth-order valence-electron chi connectivity index (χ4n) is 3.42. The topological polar surface area (TPSA) is 81.2 Å². The monoisotopic (exact) mass is 388 g/mol. The van der Waals surface area contributed by atoms with Gasteiger partial charge in [-0.3, -0.25) is 3.97 Å². The highest BCUT2D eigenvalue weighted by atomic mass is 32.2. The molecule has 1 fully saturated rings. The van der Waals surface area contributed by atoms with Crippen LogP contribution < -0.4 is 5.73 Å². The second-order valence-electron chi connectivity index (χ2n) is 6.38. The predicted molar refractivity (Wildman–Crippen MR) is 105 cm³/mol. The van der Waals surface area contributed by atoms with Gasteiger partial charge in [-0.1, -0.05) is 24.9 Å². The minimum absolute atomic E-state index is 0.336. The van der Waals surface area contributed by atoms with Gasteiger partial charge in [0, 0.05) is 36.9 Å². The third kappa shape index (κ3) is 2.83. The molecule has 1 aliphatic rings. The summed E-state index contributed by atoms with van der Waals surface area (Å²) >= 11 is 4.45. The molecular formula is C18H20N4O2S2. The highest BCUT2D eigenvalue weighted by molar-refractivity contribution is 7.89. The molecule has 0 amide bonds. The van der Waals surface area contributed by atoms with Crippen LogP contribution in [-0.4, -0.2) is 34.8 Å². The Morgan fingerprint density at radius 3 is 2.46 bits per heavy atom. The van der Waals surface area contributed by atoms with E-state index in [4.69, 9.17) is 5.73 Å². The molecule has 0 radical (unpaired) electrons. The van der Waals surface area contributed by atoms with E-state index in [1.807, 2.05) is 24.3 Å². The van der Waals surface area contributed by atoms with Crippen LogP contribution in [0.15, 0.2) is 47.5 Å². The van der Waals surface area contributed by atoms with E-state index < -0.39 is 10.0 Å². The van der Waals surface area contributed by atoms with Gasteiger partial charge in [0.2, 0.25) is 10.0 Å². The summed E-state index contributed by atoms with van der Waals surface area (Å²) in [5.41, 5.74) is 9.28. The lowest BCUT2D eigenvalue weighted by Crippen LogP contribution is -2.27. The zero-order valence-corrected chi connectivity index (χ0v) is 15.9. The number of pyridine rings is 1. The first-order chi connectivity index (χ1) is 12.5. The van der Waals surface area contributed by atoms with E-state index >= 15 is 0 Å². The van der Waals surface area contributed by atoms with Crippen molar-refractivity contribution in [1.82, 2.24) is 13.3 Å². The summed E-state index contributed by atoms with van der Waals surface area (Å²) in [6.45, 7) is 1.57. The second-order valence-corrected chi connectivity index (χ2v) is 8.72. The minimum atomic E-state index is -3.40. The molecule has 3 aromatic rings. The molecule has 0 spiro atoms. The molecule has 26 heavy (non-hydrogen) atoms. The van der Waals surface area contributed by atoms with Gasteiger partial charge in [-0.2, -0.15) is 4.31 Å². The van der Waals surface area contributed by atoms with Crippen LogP contribution >= 0.6 is 12.8 Å². The van der Waals surface area contributed by atoms with E-state index in [1.165, 1.54) is 0 Å². The Hall–Kier alpha value is -1.87. The lowest BCUT2D eigenvalue weighted by molar-refractivity contribution is 0.477. The zero-order chi connectivity index (χ0) is 18.3. The second kappa shape index (κ2) is 6.70. The van der Waals surface area contributed by atoms with Gasteiger partial charge < -0.3 is 5.73 Å². The normalized spacial score (nSPS) is 15.8. The van der Waals surface area contributed by atoms with E-state index in [2.05, 4.69) is 17.8 Å². The Bertz CT molecular complexity index is 1050. The van der Waals surface area contributed by atoms with Crippen molar-refractivity contribution in [2.24, 2.45) is 5.73 Å². The van der Waals surface area contributed by atoms with Crippen LogP contribution in [0.5, 0.6) is 0 Å². The zero-order valence-electron chi connectivity index (χ0n) is 14.2. The van der Waals surface area contributed by atoms with Crippen molar-refractivity contribution in [1.29, 1.82) is 0 Å². The van der Waals surface area contributed by atoms with Crippen molar-refractivity contribution in [2.75, 3.05) is 13.1 Å². The van der Waals surface area contributed by atoms with Gasteiger partial charge in [0.25, 0.3) is 0 Å². The van der Waals surface area contributed by atoms with E-state index in [9.17, 15) is 8.42 Å². The van der Waals surface area contributed by atoms with Crippen LogP contribution in [0.25, 0.3) is 22.2 Å². The molecule has 2 aromatic heterocycles. The number of thiol groups is 1. The number of fused-ring (bicyclic) bond motifs is 1. The summed E-state index contributed by atoms with van der Waals surface area (Å²) in [4.78, 5) is 4.71. The van der Waals surface area contributed by atoms with Crippen molar-refractivity contribution >= 4 is 33.9 Å². The van der Waals surface area contributed by atoms with Crippen molar-refractivity contribution < 1.29 is 8.42 Å². The van der Waals surface area contributed by atoms with Gasteiger partial charge in [0.05, 0.1) is 4.90 Å². The van der Waals surface area contributed by atoms with E-state index in [-0.39, 0.29) is 0 Å². The van der Waals surface area contributed by atoms with Gasteiger partial charge in [-0.25, -0.2) is 13.4 Å². The maximum Gasteiger partial charge on any atom is 0.243 e. The van der Waals surface area contributed by atoms with Crippen molar-refractivity contribution in [3.8, 4) is 11.1 Å². The van der Waals surface area contributed by atoms with Crippen LogP contribution in [-0.2, 0) is 16.6 Å². The highest BCUT2D eigenvalue weighted by Crippen LogP contribution is 2.31. The molecule has 0 bridgehead atoms. The first-order valence-corrected chi connectivity index (χ1v) is 10.4. The molecule has 8 heteroatoms. The molecule has 1 saturated heterocycles. The number of sulfonamides is 1. The molecule has 6 nitrogen and oxygen atoms in total. The number of aromatic nitrogens is 2. The average Bonchev–Trinajstić information content (AvgIpc) is 3.31. The Labute approximate surface area is 158 Å². The molecule has 136 valence electrons. The van der Waals surface area contributed by atoms with Gasteiger partial charge in [-0.15, -0.1) is 0 Å². The molecule has 1 aliphatic heterocycles. The van der Waals surface area contributed by atoms with Crippen LogP contribution in [0.1, 0.15) is 18.5 Å². The molecule has 0 saturated carbocycles. The molecular weight excluding hydrogens is 368 g/mol.